The maximum absolute atomic E-state index is 14.0. The predicted molar refractivity (Wildman–Crippen MR) is 120 cm³/mol. The molecule has 0 aliphatic carbocycles. The largest absolute Gasteiger partial charge is 0.464 e. The first-order chi connectivity index (χ1) is 15.0. The van der Waals surface area contributed by atoms with Crippen LogP contribution >= 0.6 is 11.3 Å². The number of anilines is 1. The third-order valence-corrected chi connectivity index (χ3v) is 7.80. The monoisotopic (exact) mass is 431 g/mol. The van der Waals surface area contributed by atoms with Crippen LogP contribution in [0.25, 0.3) is 11.0 Å². The highest BCUT2D eigenvalue weighted by Crippen LogP contribution is 2.51. The Labute approximate surface area is 182 Å². The molecule has 5 heterocycles. The summed E-state index contributed by atoms with van der Waals surface area (Å²) in [4.78, 5) is 34.5. The van der Waals surface area contributed by atoms with Crippen LogP contribution < -0.4 is 10.5 Å². The number of hydrogen-bond acceptors (Lipinski definition) is 5. The first-order valence-electron chi connectivity index (χ1n) is 10.5. The molecule has 156 valence electrons. The van der Waals surface area contributed by atoms with Gasteiger partial charge in [-0.05, 0) is 24.1 Å². The number of para-hydroxylation sites is 1. The molecule has 0 fully saturated rings. The van der Waals surface area contributed by atoms with Gasteiger partial charge in [-0.1, -0.05) is 32.0 Å². The van der Waals surface area contributed by atoms with Gasteiger partial charge in [-0.25, -0.2) is 4.98 Å². The molecule has 1 spiro atoms. The minimum atomic E-state index is -0.859. The van der Waals surface area contributed by atoms with Gasteiger partial charge in [0.1, 0.15) is 11.0 Å². The van der Waals surface area contributed by atoms with Crippen molar-refractivity contribution in [2.75, 3.05) is 4.90 Å². The highest BCUT2D eigenvalue weighted by Gasteiger charge is 2.56. The summed E-state index contributed by atoms with van der Waals surface area (Å²) >= 11 is 1.65. The average molecular weight is 432 g/mol. The Morgan fingerprint density at radius 2 is 2.06 bits per heavy atom. The number of hydrogen-bond donors (Lipinski definition) is 0. The molecular formula is C24H21N3O3S. The van der Waals surface area contributed by atoms with Gasteiger partial charge in [0.25, 0.3) is 5.56 Å². The van der Waals surface area contributed by atoms with E-state index in [1.807, 2.05) is 41.4 Å². The van der Waals surface area contributed by atoms with Crippen molar-refractivity contribution in [3.05, 3.63) is 80.4 Å². The van der Waals surface area contributed by atoms with Gasteiger partial charge in [-0.15, -0.1) is 11.3 Å². The van der Waals surface area contributed by atoms with Crippen molar-refractivity contribution >= 4 is 33.9 Å². The Bertz CT molecular complexity index is 1410. The van der Waals surface area contributed by atoms with E-state index in [0.29, 0.717) is 36.4 Å². The second-order valence-electron chi connectivity index (χ2n) is 8.57. The molecule has 3 aromatic heterocycles. The Morgan fingerprint density at radius 1 is 1.23 bits per heavy atom. The molecule has 2 aliphatic heterocycles. The van der Waals surface area contributed by atoms with Crippen molar-refractivity contribution in [2.24, 2.45) is 0 Å². The van der Waals surface area contributed by atoms with Gasteiger partial charge in [-0.3, -0.25) is 9.59 Å². The third kappa shape index (κ3) is 2.41. The number of rotatable bonds is 3. The number of carbonyl (C=O) groups excluding carboxylic acids is 1. The van der Waals surface area contributed by atoms with Gasteiger partial charge in [0, 0.05) is 41.0 Å². The Balaban J connectivity index is 1.51. The zero-order valence-corrected chi connectivity index (χ0v) is 18.1. The molecule has 6 nitrogen and oxygen atoms in total. The van der Waals surface area contributed by atoms with Crippen molar-refractivity contribution in [1.82, 2.24) is 9.55 Å². The molecule has 0 saturated carbocycles. The molecule has 6 rings (SSSR count). The summed E-state index contributed by atoms with van der Waals surface area (Å²) < 4.78 is 7.30. The number of benzene rings is 1. The standard InChI is InChI=1S/C24H21N3O3S/c1-14(2)21-25-12-15(31-21)13-27-18-6-4-3-5-17(18)24(23(27)29)8-9-26-20(24)11-19-16(22(26)28)7-10-30-19/h3-7,10-12,14H,8-9,13H2,1-2H3. The lowest BCUT2D eigenvalue weighted by Crippen LogP contribution is -2.40. The average Bonchev–Trinajstić information content (AvgIpc) is 3.53. The molecule has 0 bridgehead atoms. The number of fused-ring (bicyclic) bond motifs is 5. The smallest absolute Gasteiger partial charge is 0.261 e. The van der Waals surface area contributed by atoms with E-state index >= 15 is 0 Å². The minimum Gasteiger partial charge on any atom is -0.464 e. The second kappa shape index (κ2) is 6.40. The number of thiazole rings is 1. The lowest BCUT2D eigenvalue weighted by atomic mass is 9.77. The van der Waals surface area contributed by atoms with Crippen LogP contribution in [0, 0.1) is 0 Å². The van der Waals surface area contributed by atoms with Crippen LogP contribution in [0.5, 0.6) is 0 Å². The fourth-order valence-electron chi connectivity index (χ4n) is 5.04. The topological polar surface area (TPSA) is 68.3 Å². The minimum absolute atomic E-state index is 0.0183. The number of carbonyl (C=O) groups is 1. The lowest BCUT2D eigenvalue weighted by molar-refractivity contribution is -0.121. The second-order valence-corrected chi connectivity index (χ2v) is 9.71. The molecule has 1 atom stereocenters. The van der Waals surface area contributed by atoms with E-state index in [1.54, 1.807) is 22.0 Å². The summed E-state index contributed by atoms with van der Waals surface area (Å²) in [6, 6.07) is 11.5. The molecule has 1 aromatic carbocycles. The van der Waals surface area contributed by atoms with E-state index in [1.165, 1.54) is 6.26 Å². The number of furan rings is 1. The molecule has 7 heteroatoms. The summed E-state index contributed by atoms with van der Waals surface area (Å²) in [7, 11) is 0. The van der Waals surface area contributed by atoms with Crippen LogP contribution in [-0.2, 0) is 23.3 Å². The van der Waals surface area contributed by atoms with E-state index in [-0.39, 0.29) is 11.5 Å². The van der Waals surface area contributed by atoms with Gasteiger partial charge in [0.2, 0.25) is 5.91 Å². The molecule has 0 radical (unpaired) electrons. The summed E-state index contributed by atoms with van der Waals surface area (Å²) in [5, 5.41) is 1.63. The molecule has 1 unspecified atom stereocenters. The van der Waals surface area contributed by atoms with E-state index in [2.05, 4.69) is 18.8 Å². The number of aromatic nitrogens is 2. The zero-order chi connectivity index (χ0) is 21.3. The predicted octanol–water partition coefficient (Wildman–Crippen LogP) is 4.41. The van der Waals surface area contributed by atoms with Crippen molar-refractivity contribution in [3.63, 3.8) is 0 Å². The van der Waals surface area contributed by atoms with Gasteiger partial charge in [0.05, 0.1) is 23.2 Å². The fourth-order valence-corrected chi connectivity index (χ4v) is 5.95. The van der Waals surface area contributed by atoms with Gasteiger partial charge in [-0.2, -0.15) is 0 Å². The maximum Gasteiger partial charge on any atom is 0.261 e. The molecule has 31 heavy (non-hydrogen) atoms. The zero-order valence-electron chi connectivity index (χ0n) is 17.3. The maximum atomic E-state index is 14.0. The highest BCUT2D eigenvalue weighted by atomic mass is 32.1. The van der Waals surface area contributed by atoms with Crippen LogP contribution in [-0.4, -0.2) is 15.5 Å². The Hall–Kier alpha value is -3.19. The third-order valence-electron chi connectivity index (χ3n) is 6.52. The van der Waals surface area contributed by atoms with Crippen LogP contribution in [0.2, 0.25) is 0 Å². The first-order valence-corrected chi connectivity index (χ1v) is 11.3. The molecular weight excluding hydrogens is 410 g/mol. The Kier molecular flexibility index (Phi) is 3.84. The number of amides is 1. The van der Waals surface area contributed by atoms with E-state index in [0.717, 1.165) is 26.8 Å². The molecule has 0 saturated heterocycles. The SMILES string of the molecule is CC(C)c1ncc(CN2C(=O)C3(CCn4c3cc3occc3c4=O)c3ccccc32)s1. The number of pyridine rings is 1. The fraction of sp³-hybridized carbons (Fsp3) is 0.292. The van der Waals surface area contributed by atoms with E-state index < -0.39 is 5.41 Å². The Morgan fingerprint density at radius 3 is 2.87 bits per heavy atom. The van der Waals surface area contributed by atoms with Crippen molar-refractivity contribution < 1.29 is 9.21 Å². The first kappa shape index (κ1) is 18.6. The molecule has 1 amide bonds. The molecule has 2 aliphatic rings. The quantitative estimate of drug-likeness (QED) is 0.482. The van der Waals surface area contributed by atoms with Gasteiger partial charge in [0.15, 0.2) is 0 Å². The summed E-state index contributed by atoms with van der Waals surface area (Å²) in [6.45, 7) is 5.24. The van der Waals surface area contributed by atoms with Crippen LogP contribution in [0.15, 0.2) is 58.1 Å². The van der Waals surface area contributed by atoms with E-state index in [4.69, 9.17) is 4.42 Å². The van der Waals surface area contributed by atoms with E-state index in [9.17, 15) is 9.59 Å². The van der Waals surface area contributed by atoms with Crippen molar-refractivity contribution in [2.45, 2.75) is 44.7 Å². The van der Waals surface area contributed by atoms with Crippen molar-refractivity contribution in [1.29, 1.82) is 0 Å². The summed E-state index contributed by atoms with van der Waals surface area (Å²) in [5.41, 5.74) is 2.18. The van der Waals surface area contributed by atoms with Crippen LogP contribution in [0.4, 0.5) is 5.69 Å². The normalized spacial score (nSPS) is 19.7. The number of nitrogens with zero attached hydrogens (tertiary/aromatic N) is 3. The van der Waals surface area contributed by atoms with Crippen LogP contribution in [0.3, 0.4) is 0 Å². The van der Waals surface area contributed by atoms with Crippen LogP contribution in [0.1, 0.15) is 47.3 Å². The van der Waals surface area contributed by atoms with Crippen molar-refractivity contribution in [3.8, 4) is 0 Å². The molecule has 0 N–H and O–H groups in total. The lowest BCUT2D eigenvalue weighted by Gasteiger charge is -2.24. The summed E-state index contributed by atoms with van der Waals surface area (Å²) in [5.74, 6) is 0.376. The highest BCUT2D eigenvalue weighted by molar-refractivity contribution is 7.11. The van der Waals surface area contributed by atoms with Gasteiger partial charge >= 0.3 is 0 Å². The van der Waals surface area contributed by atoms with Gasteiger partial charge < -0.3 is 13.9 Å². The molecule has 4 aromatic rings. The summed E-state index contributed by atoms with van der Waals surface area (Å²) in [6.07, 6.45) is 3.97.